The van der Waals surface area contributed by atoms with Crippen molar-refractivity contribution in [3.05, 3.63) is 101 Å². The lowest BCUT2D eigenvalue weighted by Gasteiger charge is -2.22. The van der Waals surface area contributed by atoms with Crippen LogP contribution in [0.3, 0.4) is 0 Å². The molecule has 4 rings (SSSR count). The van der Waals surface area contributed by atoms with Gasteiger partial charge in [-0.05, 0) is 59.7 Å². The molecule has 3 aromatic carbocycles. The predicted molar refractivity (Wildman–Crippen MR) is 126 cm³/mol. The van der Waals surface area contributed by atoms with E-state index in [1.54, 1.807) is 0 Å². The first-order chi connectivity index (χ1) is 14.8. The second kappa shape index (κ2) is 10.5. The van der Waals surface area contributed by atoms with Gasteiger partial charge in [-0.3, -0.25) is 4.79 Å². The van der Waals surface area contributed by atoms with Gasteiger partial charge in [-0.1, -0.05) is 73.9 Å². The summed E-state index contributed by atoms with van der Waals surface area (Å²) >= 11 is 1.85. The Morgan fingerprint density at radius 3 is 2.20 bits per heavy atom. The summed E-state index contributed by atoms with van der Waals surface area (Å²) in [6.07, 6.45) is 6.84. The zero-order chi connectivity index (χ0) is 20.6. The number of hydrogen-bond donors (Lipinski definition) is 1. The van der Waals surface area contributed by atoms with Gasteiger partial charge < -0.3 is 5.32 Å². The van der Waals surface area contributed by atoms with E-state index in [0.29, 0.717) is 12.1 Å². The first-order valence-electron chi connectivity index (χ1n) is 10.9. The van der Waals surface area contributed by atoms with Gasteiger partial charge in [-0.15, -0.1) is 11.8 Å². The summed E-state index contributed by atoms with van der Waals surface area (Å²) in [6, 6.07) is 27.1. The monoisotopic (exact) mass is 415 g/mol. The smallest absolute Gasteiger partial charge is 0.251 e. The van der Waals surface area contributed by atoms with E-state index in [4.69, 9.17) is 0 Å². The molecular weight excluding hydrogens is 386 g/mol. The molecule has 2 nitrogen and oxygen atoms in total. The van der Waals surface area contributed by atoms with Gasteiger partial charge in [0, 0.05) is 22.8 Å². The second-order valence-corrected chi connectivity index (χ2v) is 9.11. The number of nitrogens with one attached hydrogen (secondary N) is 1. The molecular formula is C27H29NOS. The zero-order valence-electron chi connectivity index (χ0n) is 17.3. The molecule has 0 atom stereocenters. The van der Waals surface area contributed by atoms with Crippen LogP contribution in [0.2, 0.25) is 0 Å². The molecule has 0 bridgehead atoms. The summed E-state index contributed by atoms with van der Waals surface area (Å²) in [7, 11) is 0. The fraction of sp³-hybridized carbons (Fsp3) is 0.296. The lowest BCUT2D eigenvalue weighted by atomic mass is 9.84. The molecule has 0 radical (unpaired) electrons. The normalized spacial score (nSPS) is 14.4. The van der Waals surface area contributed by atoms with Gasteiger partial charge in [0.1, 0.15) is 0 Å². The fourth-order valence-corrected chi connectivity index (χ4v) is 4.93. The Morgan fingerprint density at radius 1 is 0.800 bits per heavy atom. The summed E-state index contributed by atoms with van der Waals surface area (Å²) in [5.41, 5.74) is 4.55. The van der Waals surface area contributed by atoms with Crippen molar-refractivity contribution < 1.29 is 4.79 Å². The second-order valence-electron chi connectivity index (χ2n) is 8.06. The van der Waals surface area contributed by atoms with Crippen molar-refractivity contribution in [1.29, 1.82) is 0 Å². The van der Waals surface area contributed by atoms with Crippen LogP contribution in [0.5, 0.6) is 0 Å². The third-order valence-corrected chi connectivity index (χ3v) is 6.96. The maximum absolute atomic E-state index is 12.4. The minimum Gasteiger partial charge on any atom is -0.348 e. The quantitative estimate of drug-likeness (QED) is 0.423. The third-order valence-electron chi connectivity index (χ3n) is 5.87. The van der Waals surface area contributed by atoms with Crippen molar-refractivity contribution in [2.45, 2.75) is 55.2 Å². The average Bonchev–Trinajstić information content (AvgIpc) is 2.83. The highest BCUT2D eigenvalue weighted by Crippen LogP contribution is 2.33. The van der Waals surface area contributed by atoms with Crippen LogP contribution in [0.25, 0.3) is 0 Å². The largest absolute Gasteiger partial charge is 0.348 e. The Morgan fingerprint density at radius 2 is 1.50 bits per heavy atom. The topological polar surface area (TPSA) is 29.1 Å². The van der Waals surface area contributed by atoms with Crippen molar-refractivity contribution in [3.63, 3.8) is 0 Å². The van der Waals surface area contributed by atoms with E-state index in [9.17, 15) is 4.79 Å². The van der Waals surface area contributed by atoms with Gasteiger partial charge in [0.25, 0.3) is 5.91 Å². The minimum absolute atomic E-state index is 0.0312. The zero-order valence-corrected chi connectivity index (χ0v) is 18.2. The molecule has 1 N–H and O–H groups in total. The molecule has 1 aliphatic carbocycles. The van der Waals surface area contributed by atoms with E-state index in [-0.39, 0.29) is 5.91 Å². The van der Waals surface area contributed by atoms with E-state index in [1.165, 1.54) is 48.1 Å². The molecule has 3 aromatic rings. The first-order valence-corrected chi connectivity index (χ1v) is 11.9. The summed E-state index contributed by atoms with van der Waals surface area (Å²) in [5, 5.41) is 2.98. The number of thioether (sulfide) groups is 1. The number of rotatable bonds is 7. The van der Waals surface area contributed by atoms with Crippen LogP contribution in [0.1, 0.15) is 65.1 Å². The lowest BCUT2D eigenvalue weighted by Crippen LogP contribution is -2.22. The maximum atomic E-state index is 12.4. The molecule has 0 heterocycles. The highest BCUT2D eigenvalue weighted by atomic mass is 32.2. The number of benzene rings is 3. The van der Waals surface area contributed by atoms with Crippen LogP contribution in [-0.4, -0.2) is 5.91 Å². The lowest BCUT2D eigenvalue weighted by molar-refractivity contribution is 0.0951. The minimum atomic E-state index is -0.0312. The van der Waals surface area contributed by atoms with Gasteiger partial charge in [-0.2, -0.15) is 0 Å². The van der Waals surface area contributed by atoms with E-state index >= 15 is 0 Å². The number of carbonyl (C=O) groups excluding carboxylic acids is 1. The molecule has 0 aliphatic heterocycles. The fourth-order valence-electron chi connectivity index (χ4n) is 4.07. The Hall–Kier alpha value is -2.52. The van der Waals surface area contributed by atoms with Gasteiger partial charge in [-0.25, -0.2) is 0 Å². The Labute approximate surface area is 184 Å². The van der Waals surface area contributed by atoms with E-state index in [2.05, 4.69) is 41.7 Å². The molecule has 1 fully saturated rings. The summed E-state index contributed by atoms with van der Waals surface area (Å²) < 4.78 is 0. The van der Waals surface area contributed by atoms with Crippen molar-refractivity contribution in [1.82, 2.24) is 5.32 Å². The highest BCUT2D eigenvalue weighted by molar-refractivity contribution is 7.98. The Balaban J connectivity index is 1.26. The molecule has 0 saturated heterocycles. The molecule has 1 saturated carbocycles. The molecule has 154 valence electrons. The van der Waals surface area contributed by atoms with Gasteiger partial charge >= 0.3 is 0 Å². The summed E-state index contributed by atoms with van der Waals surface area (Å²) in [6.45, 7) is 0.550. The van der Waals surface area contributed by atoms with Crippen LogP contribution in [0.15, 0.2) is 83.8 Å². The average molecular weight is 416 g/mol. The highest BCUT2D eigenvalue weighted by Gasteiger charge is 2.15. The third kappa shape index (κ3) is 5.76. The predicted octanol–water partition coefficient (Wildman–Crippen LogP) is 6.96. The SMILES string of the molecule is O=C(NCc1ccccc1)c1ccc(CSc2ccc(C3CCCCC3)cc2)cc1. The number of hydrogen-bond acceptors (Lipinski definition) is 2. The summed E-state index contributed by atoms with van der Waals surface area (Å²) in [5.74, 6) is 1.64. The van der Waals surface area contributed by atoms with Gasteiger partial charge in [0.15, 0.2) is 0 Å². The van der Waals surface area contributed by atoms with E-state index < -0.39 is 0 Å². The molecule has 1 amide bonds. The van der Waals surface area contributed by atoms with E-state index in [0.717, 1.165) is 17.2 Å². The van der Waals surface area contributed by atoms with Crippen LogP contribution in [0, 0.1) is 0 Å². The summed E-state index contributed by atoms with van der Waals surface area (Å²) in [4.78, 5) is 13.7. The van der Waals surface area contributed by atoms with Crippen molar-refractivity contribution >= 4 is 17.7 Å². The first kappa shape index (κ1) is 20.7. The van der Waals surface area contributed by atoms with Crippen molar-refractivity contribution in [3.8, 4) is 0 Å². The van der Waals surface area contributed by atoms with Gasteiger partial charge in [0.05, 0.1) is 0 Å². The van der Waals surface area contributed by atoms with Crippen LogP contribution < -0.4 is 5.32 Å². The Kier molecular flexibility index (Phi) is 7.25. The van der Waals surface area contributed by atoms with Crippen LogP contribution in [-0.2, 0) is 12.3 Å². The number of amides is 1. The van der Waals surface area contributed by atoms with Crippen LogP contribution >= 0.6 is 11.8 Å². The van der Waals surface area contributed by atoms with Crippen LogP contribution in [0.4, 0.5) is 0 Å². The van der Waals surface area contributed by atoms with Gasteiger partial charge in [0.2, 0.25) is 0 Å². The molecule has 0 unspecified atom stereocenters. The molecule has 1 aliphatic rings. The molecule has 0 aromatic heterocycles. The molecule has 0 spiro atoms. The number of carbonyl (C=O) groups is 1. The molecule has 3 heteroatoms. The van der Waals surface area contributed by atoms with Crippen molar-refractivity contribution in [2.75, 3.05) is 0 Å². The standard InChI is InChI=1S/C27H29NOS/c29-27(28-19-21-7-3-1-4-8-21)25-13-11-22(12-14-25)20-30-26-17-15-24(16-18-26)23-9-5-2-6-10-23/h1,3-4,7-8,11-18,23H,2,5-6,9-10,19-20H2,(H,28,29). The molecule has 30 heavy (non-hydrogen) atoms. The van der Waals surface area contributed by atoms with Crippen molar-refractivity contribution in [2.24, 2.45) is 0 Å². The Bertz CT molecular complexity index is 929. The van der Waals surface area contributed by atoms with E-state index in [1.807, 2.05) is 54.2 Å². The maximum Gasteiger partial charge on any atom is 0.251 e.